The molecule has 0 saturated heterocycles. The van der Waals surface area contributed by atoms with E-state index in [0.29, 0.717) is 5.69 Å². The lowest BCUT2D eigenvalue weighted by molar-refractivity contribution is -0.384. The predicted octanol–water partition coefficient (Wildman–Crippen LogP) is 2.59. The molecule has 0 saturated carbocycles. The second-order valence-corrected chi connectivity index (χ2v) is 4.74. The largest absolute Gasteiger partial charge is 0.456 e. The number of nitrogens with zero attached hydrogens (tertiary/aromatic N) is 1. The monoisotopic (exact) mass is 252 g/mol. The van der Waals surface area contributed by atoms with E-state index in [1.807, 2.05) is 0 Å². The van der Waals surface area contributed by atoms with Crippen molar-refractivity contribution in [1.82, 2.24) is 0 Å². The van der Waals surface area contributed by atoms with Gasteiger partial charge in [-0.05, 0) is 32.9 Å². The van der Waals surface area contributed by atoms with Crippen LogP contribution in [0, 0.1) is 10.1 Å². The summed E-state index contributed by atoms with van der Waals surface area (Å²) in [6.07, 6.45) is 0. The molecule has 98 valence electrons. The van der Waals surface area contributed by atoms with Gasteiger partial charge in [-0.3, -0.25) is 10.1 Å². The van der Waals surface area contributed by atoms with Gasteiger partial charge in [-0.15, -0.1) is 0 Å². The van der Waals surface area contributed by atoms with Crippen LogP contribution >= 0.6 is 0 Å². The van der Waals surface area contributed by atoms with Gasteiger partial charge < -0.3 is 10.1 Å². The maximum atomic E-state index is 11.8. The summed E-state index contributed by atoms with van der Waals surface area (Å²) in [4.78, 5) is 22.1. The lowest BCUT2D eigenvalue weighted by Gasteiger charge is -2.19. The molecule has 1 aromatic carbocycles. The van der Waals surface area contributed by atoms with Crippen LogP contribution in [0.5, 0.6) is 0 Å². The molecule has 0 aliphatic heterocycles. The van der Waals surface area contributed by atoms with Crippen LogP contribution in [-0.4, -0.2) is 23.5 Å². The third-order valence-corrected chi connectivity index (χ3v) is 2.10. The van der Waals surface area contributed by atoms with Gasteiger partial charge in [-0.1, -0.05) is 0 Å². The minimum atomic E-state index is -0.631. The minimum Gasteiger partial charge on any atom is -0.456 e. The standard InChI is InChI=1S/C12H16N2O4/c1-12(2,3)18-11(15)8-5-6-9(13-4)10(7-8)14(16)17/h5-7,13H,1-4H3. The molecule has 0 aliphatic rings. The van der Waals surface area contributed by atoms with Crippen LogP contribution in [0.15, 0.2) is 18.2 Å². The van der Waals surface area contributed by atoms with Gasteiger partial charge in [0.15, 0.2) is 0 Å². The molecule has 6 nitrogen and oxygen atoms in total. The highest BCUT2D eigenvalue weighted by molar-refractivity contribution is 5.91. The van der Waals surface area contributed by atoms with E-state index in [1.165, 1.54) is 18.2 Å². The first-order chi connectivity index (χ1) is 8.24. The minimum absolute atomic E-state index is 0.152. The van der Waals surface area contributed by atoms with Crippen LogP contribution in [0.3, 0.4) is 0 Å². The van der Waals surface area contributed by atoms with Gasteiger partial charge in [0.1, 0.15) is 11.3 Å². The molecule has 0 spiro atoms. The molecule has 0 atom stereocenters. The van der Waals surface area contributed by atoms with Crippen molar-refractivity contribution in [2.75, 3.05) is 12.4 Å². The lowest BCUT2D eigenvalue weighted by Crippen LogP contribution is -2.23. The normalized spacial score (nSPS) is 10.9. The number of benzene rings is 1. The maximum Gasteiger partial charge on any atom is 0.338 e. The van der Waals surface area contributed by atoms with Crippen LogP contribution in [0.2, 0.25) is 0 Å². The highest BCUT2D eigenvalue weighted by Crippen LogP contribution is 2.26. The van der Waals surface area contributed by atoms with Crippen molar-refractivity contribution < 1.29 is 14.5 Å². The van der Waals surface area contributed by atoms with E-state index in [4.69, 9.17) is 4.74 Å². The van der Waals surface area contributed by atoms with E-state index in [0.717, 1.165) is 0 Å². The van der Waals surface area contributed by atoms with Crippen LogP contribution in [0.4, 0.5) is 11.4 Å². The fourth-order valence-corrected chi connectivity index (χ4v) is 1.36. The summed E-state index contributed by atoms with van der Waals surface area (Å²) in [5.41, 5.74) is -0.267. The van der Waals surface area contributed by atoms with Crippen LogP contribution < -0.4 is 5.32 Å². The predicted molar refractivity (Wildman–Crippen MR) is 67.8 cm³/mol. The molecular weight excluding hydrogens is 236 g/mol. The smallest absolute Gasteiger partial charge is 0.338 e. The van der Waals surface area contributed by atoms with Gasteiger partial charge in [0.2, 0.25) is 0 Å². The number of nitrogens with one attached hydrogen (secondary N) is 1. The summed E-state index contributed by atoms with van der Waals surface area (Å²) in [5.74, 6) is -0.576. The number of ether oxygens (including phenoxy) is 1. The molecule has 0 unspecified atom stereocenters. The number of nitro groups is 1. The van der Waals surface area contributed by atoms with Crippen LogP contribution in [0.25, 0.3) is 0 Å². The fourth-order valence-electron chi connectivity index (χ4n) is 1.36. The third kappa shape index (κ3) is 3.44. The van der Waals surface area contributed by atoms with Crippen molar-refractivity contribution in [2.24, 2.45) is 0 Å². The highest BCUT2D eigenvalue weighted by Gasteiger charge is 2.21. The van der Waals surface area contributed by atoms with Gasteiger partial charge >= 0.3 is 5.97 Å². The Labute approximate surface area is 105 Å². The van der Waals surface area contributed by atoms with Crippen molar-refractivity contribution in [3.63, 3.8) is 0 Å². The molecule has 1 rings (SSSR count). The summed E-state index contributed by atoms with van der Waals surface area (Å²) < 4.78 is 5.15. The molecule has 0 fully saturated rings. The number of carbonyl (C=O) groups excluding carboxylic acids is 1. The van der Waals surface area contributed by atoms with Gasteiger partial charge in [-0.25, -0.2) is 4.79 Å². The van der Waals surface area contributed by atoms with E-state index < -0.39 is 16.5 Å². The molecule has 0 heterocycles. The number of rotatable bonds is 3. The Kier molecular flexibility index (Phi) is 3.90. The van der Waals surface area contributed by atoms with Gasteiger partial charge in [0.05, 0.1) is 10.5 Å². The first-order valence-corrected chi connectivity index (χ1v) is 5.44. The lowest BCUT2D eigenvalue weighted by atomic mass is 10.1. The van der Waals surface area contributed by atoms with Crippen LogP contribution in [0.1, 0.15) is 31.1 Å². The summed E-state index contributed by atoms with van der Waals surface area (Å²) in [6.45, 7) is 5.21. The molecule has 0 aromatic heterocycles. The Morgan fingerprint density at radius 2 is 2.00 bits per heavy atom. The Morgan fingerprint density at radius 1 is 1.39 bits per heavy atom. The van der Waals surface area contributed by atoms with E-state index >= 15 is 0 Å². The Hall–Kier alpha value is -2.11. The van der Waals surface area contributed by atoms with Crippen LogP contribution in [-0.2, 0) is 4.74 Å². The van der Waals surface area contributed by atoms with Crippen molar-refractivity contribution in [3.05, 3.63) is 33.9 Å². The summed E-state index contributed by atoms with van der Waals surface area (Å²) in [5, 5.41) is 13.6. The summed E-state index contributed by atoms with van der Waals surface area (Å²) >= 11 is 0. The molecule has 1 N–H and O–H groups in total. The molecule has 0 bridgehead atoms. The topological polar surface area (TPSA) is 81.5 Å². The zero-order chi connectivity index (χ0) is 13.9. The molecule has 0 radical (unpaired) electrons. The Morgan fingerprint density at radius 3 is 2.44 bits per heavy atom. The number of carbonyl (C=O) groups is 1. The number of hydrogen-bond donors (Lipinski definition) is 1. The number of hydrogen-bond acceptors (Lipinski definition) is 5. The Balaban J connectivity index is 3.09. The molecule has 6 heteroatoms. The quantitative estimate of drug-likeness (QED) is 0.508. The molecule has 1 aromatic rings. The number of nitro benzene ring substituents is 1. The van der Waals surface area contributed by atoms with Crippen molar-refractivity contribution >= 4 is 17.3 Å². The number of esters is 1. The van der Waals surface area contributed by atoms with E-state index in [2.05, 4.69) is 5.32 Å². The van der Waals surface area contributed by atoms with Gasteiger partial charge in [0, 0.05) is 13.1 Å². The zero-order valence-corrected chi connectivity index (χ0v) is 10.8. The van der Waals surface area contributed by atoms with Crippen molar-refractivity contribution in [1.29, 1.82) is 0 Å². The SMILES string of the molecule is CNc1ccc(C(=O)OC(C)(C)C)cc1[N+](=O)[O-]. The molecule has 0 amide bonds. The van der Waals surface area contributed by atoms with E-state index in [1.54, 1.807) is 27.8 Å². The Bertz CT molecular complexity index is 477. The second kappa shape index (κ2) is 5.03. The van der Waals surface area contributed by atoms with E-state index in [-0.39, 0.29) is 11.3 Å². The fraction of sp³-hybridized carbons (Fsp3) is 0.417. The van der Waals surface area contributed by atoms with E-state index in [9.17, 15) is 14.9 Å². The summed E-state index contributed by atoms with van der Waals surface area (Å²) in [6, 6.07) is 4.18. The molecule has 0 aliphatic carbocycles. The van der Waals surface area contributed by atoms with Gasteiger partial charge in [0.25, 0.3) is 5.69 Å². The average Bonchev–Trinajstić information content (AvgIpc) is 2.25. The molecular formula is C12H16N2O4. The van der Waals surface area contributed by atoms with Crippen molar-refractivity contribution in [3.8, 4) is 0 Å². The van der Waals surface area contributed by atoms with Crippen molar-refractivity contribution in [2.45, 2.75) is 26.4 Å². The first kappa shape index (κ1) is 14.0. The zero-order valence-electron chi connectivity index (χ0n) is 10.8. The number of anilines is 1. The third-order valence-electron chi connectivity index (χ3n) is 2.10. The maximum absolute atomic E-state index is 11.8. The average molecular weight is 252 g/mol. The highest BCUT2D eigenvalue weighted by atomic mass is 16.6. The first-order valence-electron chi connectivity index (χ1n) is 5.44. The molecule has 18 heavy (non-hydrogen) atoms. The van der Waals surface area contributed by atoms with Gasteiger partial charge in [-0.2, -0.15) is 0 Å². The summed E-state index contributed by atoms with van der Waals surface area (Å²) in [7, 11) is 1.58. The second-order valence-electron chi connectivity index (χ2n) is 4.74.